The summed E-state index contributed by atoms with van der Waals surface area (Å²) in [5, 5.41) is 12.3. The maximum Gasteiger partial charge on any atom is 0.303 e. The van der Waals surface area contributed by atoms with Crippen LogP contribution in [0, 0.1) is 0 Å². The highest BCUT2D eigenvalue weighted by Gasteiger charge is 2.50. The average Bonchev–Trinajstić information content (AvgIpc) is 2.63. The van der Waals surface area contributed by atoms with E-state index in [9.17, 15) is 19.5 Å². The molecule has 1 saturated heterocycles. The summed E-state index contributed by atoms with van der Waals surface area (Å²) in [5.74, 6) is -1.70. The molecule has 0 unspecified atom stereocenters. The predicted octanol–water partition coefficient (Wildman–Crippen LogP) is 0.288. The molecule has 0 radical (unpaired) electrons. The fourth-order valence-corrected chi connectivity index (χ4v) is 3.00. The second kappa shape index (κ2) is 10.2. The zero-order valence-corrected chi connectivity index (χ0v) is 16.0. The molecule has 0 spiro atoms. The second-order valence-corrected chi connectivity index (χ2v) is 6.40. The van der Waals surface area contributed by atoms with Crippen molar-refractivity contribution in [3.8, 4) is 0 Å². The summed E-state index contributed by atoms with van der Waals surface area (Å²) in [4.78, 5) is 34.9. The van der Waals surface area contributed by atoms with Crippen LogP contribution in [0.2, 0.25) is 0 Å². The lowest BCUT2D eigenvalue weighted by atomic mass is 9.96. The molecule has 154 valence electrons. The molecule has 5 atom stereocenters. The Balaban J connectivity index is 2.29. The van der Waals surface area contributed by atoms with Gasteiger partial charge >= 0.3 is 11.9 Å². The lowest BCUT2D eigenvalue weighted by Gasteiger charge is -2.44. The van der Waals surface area contributed by atoms with Crippen LogP contribution in [0.4, 0.5) is 0 Å². The average molecular weight is 395 g/mol. The minimum Gasteiger partial charge on any atom is -0.456 e. The number of carbonyl (C=O) groups is 3. The quantitative estimate of drug-likeness (QED) is 0.632. The molecule has 9 heteroatoms. The van der Waals surface area contributed by atoms with Crippen molar-refractivity contribution >= 4 is 17.8 Å². The summed E-state index contributed by atoms with van der Waals surface area (Å²) in [6.45, 7) is 3.32. The Labute approximate surface area is 162 Å². The minimum absolute atomic E-state index is 0.158. The summed E-state index contributed by atoms with van der Waals surface area (Å²) in [6.07, 6.45) is -4.26. The fraction of sp³-hybridized carbons (Fsp3) is 0.526. The molecule has 28 heavy (non-hydrogen) atoms. The number of amides is 1. The molecule has 1 aromatic rings. The van der Waals surface area contributed by atoms with Crippen molar-refractivity contribution in [3.63, 3.8) is 0 Å². The fourth-order valence-electron chi connectivity index (χ4n) is 3.00. The van der Waals surface area contributed by atoms with Gasteiger partial charge in [-0.1, -0.05) is 30.3 Å². The highest BCUT2D eigenvalue weighted by atomic mass is 16.7. The van der Waals surface area contributed by atoms with E-state index < -0.39 is 55.1 Å². The van der Waals surface area contributed by atoms with Crippen LogP contribution in [0.15, 0.2) is 30.3 Å². The van der Waals surface area contributed by atoms with Gasteiger partial charge in [-0.2, -0.15) is 0 Å². The Bertz CT molecular complexity index is 680. The third-order valence-corrected chi connectivity index (χ3v) is 4.06. The smallest absolute Gasteiger partial charge is 0.303 e. The first-order valence-electron chi connectivity index (χ1n) is 8.85. The van der Waals surface area contributed by atoms with Crippen molar-refractivity contribution in [2.24, 2.45) is 0 Å². The molecule has 1 amide bonds. The van der Waals surface area contributed by atoms with E-state index in [1.807, 2.05) is 30.3 Å². The van der Waals surface area contributed by atoms with E-state index in [0.717, 1.165) is 5.56 Å². The number of esters is 2. The van der Waals surface area contributed by atoms with Crippen LogP contribution >= 0.6 is 0 Å². The van der Waals surface area contributed by atoms with E-state index in [1.165, 1.54) is 20.8 Å². The molecular formula is C19H25NO8. The van der Waals surface area contributed by atoms with Crippen LogP contribution in [-0.2, 0) is 39.9 Å². The summed E-state index contributed by atoms with van der Waals surface area (Å²) < 4.78 is 22.1. The molecule has 0 aliphatic carbocycles. The van der Waals surface area contributed by atoms with Gasteiger partial charge in [-0.25, -0.2) is 0 Å². The van der Waals surface area contributed by atoms with Gasteiger partial charge < -0.3 is 29.4 Å². The number of rotatable bonds is 7. The van der Waals surface area contributed by atoms with E-state index in [4.69, 9.17) is 18.9 Å². The van der Waals surface area contributed by atoms with E-state index in [2.05, 4.69) is 5.32 Å². The van der Waals surface area contributed by atoms with Crippen molar-refractivity contribution in [3.05, 3.63) is 35.9 Å². The monoisotopic (exact) mass is 395 g/mol. The van der Waals surface area contributed by atoms with Crippen LogP contribution in [0.3, 0.4) is 0 Å². The summed E-state index contributed by atoms with van der Waals surface area (Å²) in [7, 11) is 0. The first-order valence-corrected chi connectivity index (χ1v) is 8.85. The number of benzene rings is 1. The Morgan fingerprint density at radius 2 is 1.64 bits per heavy atom. The summed E-state index contributed by atoms with van der Waals surface area (Å²) >= 11 is 0. The lowest BCUT2D eigenvalue weighted by molar-refractivity contribution is -0.279. The number of nitrogens with one attached hydrogen (secondary N) is 1. The van der Waals surface area contributed by atoms with Gasteiger partial charge in [-0.05, 0) is 5.56 Å². The number of hydrogen-bond acceptors (Lipinski definition) is 8. The van der Waals surface area contributed by atoms with E-state index in [0.29, 0.717) is 0 Å². The first kappa shape index (κ1) is 21.8. The van der Waals surface area contributed by atoms with Crippen LogP contribution in [0.1, 0.15) is 26.3 Å². The van der Waals surface area contributed by atoms with Gasteiger partial charge in [0.25, 0.3) is 0 Å². The van der Waals surface area contributed by atoms with Gasteiger partial charge in [-0.3, -0.25) is 14.4 Å². The molecule has 0 bridgehead atoms. The van der Waals surface area contributed by atoms with Crippen molar-refractivity contribution in [1.29, 1.82) is 0 Å². The van der Waals surface area contributed by atoms with Gasteiger partial charge in [0.2, 0.25) is 5.91 Å². The maximum absolute atomic E-state index is 11.7. The number of aliphatic hydroxyl groups is 1. The molecule has 0 aromatic heterocycles. The Morgan fingerprint density at radius 1 is 1.04 bits per heavy atom. The zero-order valence-electron chi connectivity index (χ0n) is 16.0. The summed E-state index contributed by atoms with van der Waals surface area (Å²) in [5.41, 5.74) is 0.861. The number of ether oxygens (including phenoxy) is 4. The third kappa shape index (κ3) is 6.01. The highest BCUT2D eigenvalue weighted by molar-refractivity contribution is 5.73. The Hall–Kier alpha value is -2.49. The van der Waals surface area contributed by atoms with Crippen molar-refractivity contribution in [2.45, 2.75) is 58.0 Å². The second-order valence-electron chi connectivity index (χ2n) is 6.40. The van der Waals surface area contributed by atoms with Crippen LogP contribution in [0.25, 0.3) is 0 Å². The van der Waals surface area contributed by atoms with Crippen molar-refractivity contribution in [2.75, 3.05) is 6.61 Å². The first-order chi connectivity index (χ1) is 13.3. The van der Waals surface area contributed by atoms with Crippen LogP contribution in [0.5, 0.6) is 0 Å². The van der Waals surface area contributed by atoms with Gasteiger partial charge in [-0.15, -0.1) is 0 Å². The maximum atomic E-state index is 11.7. The molecule has 1 aliphatic rings. The lowest BCUT2D eigenvalue weighted by Crippen LogP contribution is -2.66. The van der Waals surface area contributed by atoms with Gasteiger partial charge in [0.05, 0.1) is 13.2 Å². The predicted molar refractivity (Wildman–Crippen MR) is 95.7 cm³/mol. The third-order valence-electron chi connectivity index (χ3n) is 4.06. The van der Waals surface area contributed by atoms with Crippen LogP contribution in [-0.4, -0.2) is 60.2 Å². The molecule has 2 N–H and O–H groups in total. The van der Waals surface area contributed by atoms with Crippen molar-refractivity contribution < 1.29 is 38.4 Å². The van der Waals surface area contributed by atoms with E-state index in [-0.39, 0.29) is 6.61 Å². The summed E-state index contributed by atoms with van der Waals surface area (Å²) in [6, 6.07) is 8.32. The zero-order chi connectivity index (χ0) is 20.7. The number of carbonyl (C=O) groups excluding carboxylic acids is 3. The Kier molecular flexibility index (Phi) is 7.91. The van der Waals surface area contributed by atoms with Crippen LogP contribution < -0.4 is 5.32 Å². The van der Waals surface area contributed by atoms with E-state index >= 15 is 0 Å². The molecule has 0 saturated carbocycles. The minimum atomic E-state index is -1.11. The molecule has 1 fully saturated rings. The molecule has 1 aliphatic heterocycles. The molecule has 1 aromatic carbocycles. The Morgan fingerprint density at radius 3 is 2.18 bits per heavy atom. The molecule has 1 heterocycles. The SMILES string of the molecule is CC(=O)N[C@H]1[C@@H](OCc2ccccc2)O[C@H](CO)[C@H](OC(C)=O)[C@@H]1OC(C)=O. The molecular weight excluding hydrogens is 370 g/mol. The number of aliphatic hydroxyl groups excluding tert-OH is 1. The van der Waals surface area contributed by atoms with Gasteiger partial charge in [0, 0.05) is 20.8 Å². The normalized spacial score (nSPS) is 26.9. The number of hydrogen-bond donors (Lipinski definition) is 2. The molecule has 2 rings (SSSR count). The van der Waals surface area contributed by atoms with Gasteiger partial charge in [0.1, 0.15) is 12.1 Å². The highest BCUT2D eigenvalue weighted by Crippen LogP contribution is 2.28. The largest absolute Gasteiger partial charge is 0.456 e. The molecule has 9 nitrogen and oxygen atoms in total. The van der Waals surface area contributed by atoms with Gasteiger partial charge in [0.15, 0.2) is 18.5 Å². The van der Waals surface area contributed by atoms with E-state index in [1.54, 1.807) is 0 Å². The van der Waals surface area contributed by atoms with Crippen molar-refractivity contribution in [1.82, 2.24) is 5.32 Å². The topological polar surface area (TPSA) is 120 Å². The standard InChI is InChI=1S/C19H25NO8/c1-11(22)20-16-18(27-13(3)24)17(26-12(2)23)15(9-21)28-19(16)25-10-14-7-5-4-6-8-14/h4-8,15-19,21H,9-10H2,1-3H3,(H,20,22)/t15-,16-,17+,18-,19+/m1/s1.